The number of carbonyl (C=O) groups excluding carboxylic acids is 1. The number of nitrogens with zero attached hydrogens (tertiary/aromatic N) is 5. The maximum Gasteiger partial charge on any atom is 0.312 e. The van der Waals surface area contributed by atoms with Gasteiger partial charge in [0.2, 0.25) is 5.91 Å². The number of benzene rings is 1. The van der Waals surface area contributed by atoms with Gasteiger partial charge in [0.15, 0.2) is 12.4 Å². The van der Waals surface area contributed by atoms with E-state index >= 15 is 0 Å². The van der Waals surface area contributed by atoms with Crippen LogP contribution in [0, 0.1) is 18.3 Å². The Balaban J connectivity index is 1.88. The molecule has 0 saturated heterocycles. The molecule has 3 aromatic rings. The largest absolute Gasteiger partial charge is 0.478 e. The first-order valence-corrected chi connectivity index (χ1v) is 10.6. The second-order valence-corrected chi connectivity index (χ2v) is 7.57. The summed E-state index contributed by atoms with van der Waals surface area (Å²) in [6.45, 7) is 3.35. The Morgan fingerprint density at radius 2 is 2.12 bits per heavy atom. The van der Waals surface area contributed by atoms with E-state index in [9.17, 15) is 9.59 Å². The van der Waals surface area contributed by atoms with E-state index < -0.39 is 5.56 Å². The number of anilines is 1. The van der Waals surface area contributed by atoms with Crippen molar-refractivity contribution in [2.75, 3.05) is 23.5 Å². The molecular weight excluding hydrogens is 444 g/mol. The predicted octanol–water partition coefficient (Wildman–Crippen LogP) is 2.84. The van der Waals surface area contributed by atoms with Crippen LogP contribution < -0.4 is 20.6 Å². The van der Waals surface area contributed by atoms with Crippen LogP contribution in [0.15, 0.2) is 53.6 Å². The number of pyridine rings is 1. The van der Waals surface area contributed by atoms with Crippen molar-refractivity contribution in [3.8, 4) is 11.8 Å². The summed E-state index contributed by atoms with van der Waals surface area (Å²) in [5, 5.41) is 13.6. The number of nitrogens with one attached hydrogen (secondary N) is 1. The number of amides is 1. The lowest BCUT2D eigenvalue weighted by molar-refractivity contribution is -0.118. The Morgan fingerprint density at radius 1 is 1.30 bits per heavy atom. The molecule has 10 heteroatoms. The minimum absolute atomic E-state index is 0.00872. The molecule has 9 nitrogen and oxygen atoms in total. The van der Waals surface area contributed by atoms with E-state index in [1.54, 1.807) is 31.3 Å². The van der Waals surface area contributed by atoms with Crippen molar-refractivity contribution < 1.29 is 9.53 Å². The monoisotopic (exact) mass is 466 g/mol. The molecule has 0 aliphatic rings. The van der Waals surface area contributed by atoms with Gasteiger partial charge in [-0.15, -0.1) is 0 Å². The quantitative estimate of drug-likeness (QED) is 0.515. The topological polar surface area (TPSA) is 113 Å². The van der Waals surface area contributed by atoms with Crippen LogP contribution in [-0.4, -0.2) is 33.7 Å². The Hall–Kier alpha value is -3.90. The van der Waals surface area contributed by atoms with Gasteiger partial charge in [0, 0.05) is 42.4 Å². The molecule has 1 aromatic carbocycles. The van der Waals surface area contributed by atoms with Crippen LogP contribution in [0.5, 0.6) is 5.75 Å². The molecule has 0 fully saturated rings. The summed E-state index contributed by atoms with van der Waals surface area (Å²) in [6.07, 6.45) is 3.83. The van der Waals surface area contributed by atoms with E-state index in [4.69, 9.17) is 21.6 Å². The summed E-state index contributed by atoms with van der Waals surface area (Å²) in [4.78, 5) is 34.3. The van der Waals surface area contributed by atoms with Gasteiger partial charge in [-0.3, -0.25) is 14.6 Å². The van der Waals surface area contributed by atoms with E-state index in [1.165, 1.54) is 22.8 Å². The molecule has 0 bridgehead atoms. The van der Waals surface area contributed by atoms with Crippen molar-refractivity contribution in [1.29, 1.82) is 5.26 Å². The highest BCUT2D eigenvalue weighted by Crippen LogP contribution is 2.24. The Labute approximate surface area is 196 Å². The SMILES string of the molecule is CC(=O)N(Cc1cc(Cl)ccc1OCC#N)n1c(C)cnc(NCCc2ccccn2)c1=O. The standard InChI is InChI=1S/C23H23ClN6O3/c1-16-14-28-22(27-11-8-20-5-3-4-10-26-20)23(32)30(16)29(17(2)31)15-18-13-19(24)6-7-21(18)33-12-9-25/h3-7,10,13-14H,8,11-12,15H2,1-2H3,(H,27,28). The molecule has 170 valence electrons. The molecule has 2 heterocycles. The summed E-state index contributed by atoms with van der Waals surface area (Å²) in [7, 11) is 0. The van der Waals surface area contributed by atoms with E-state index in [0.29, 0.717) is 35.0 Å². The number of ether oxygens (including phenoxy) is 1. The third kappa shape index (κ3) is 6.08. The number of aromatic nitrogens is 3. The van der Waals surface area contributed by atoms with Crippen molar-refractivity contribution in [2.45, 2.75) is 26.8 Å². The molecule has 1 N–H and O–H groups in total. The Kier molecular flexibility index (Phi) is 8.00. The lowest BCUT2D eigenvalue weighted by atomic mass is 10.2. The van der Waals surface area contributed by atoms with Gasteiger partial charge in [0.25, 0.3) is 0 Å². The highest BCUT2D eigenvalue weighted by molar-refractivity contribution is 6.30. The summed E-state index contributed by atoms with van der Waals surface area (Å²) >= 11 is 6.14. The van der Waals surface area contributed by atoms with E-state index in [0.717, 1.165) is 5.69 Å². The number of halogens is 1. The summed E-state index contributed by atoms with van der Waals surface area (Å²) < 4.78 is 6.73. The maximum absolute atomic E-state index is 13.2. The van der Waals surface area contributed by atoms with Gasteiger partial charge in [-0.2, -0.15) is 5.26 Å². The molecule has 0 radical (unpaired) electrons. The lowest BCUT2D eigenvalue weighted by Gasteiger charge is -2.26. The van der Waals surface area contributed by atoms with Gasteiger partial charge in [0.1, 0.15) is 11.8 Å². The van der Waals surface area contributed by atoms with Crippen LogP contribution in [0.1, 0.15) is 23.9 Å². The van der Waals surface area contributed by atoms with Gasteiger partial charge in [-0.1, -0.05) is 17.7 Å². The molecule has 0 saturated carbocycles. The first-order valence-electron chi connectivity index (χ1n) is 10.2. The molecule has 0 unspecified atom stereocenters. The van der Waals surface area contributed by atoms with Gasteiger partial charge in [-0.25, -0.2) is 14.7 Å². The van der Waals surface area contributed by atoms with Gasteiger partial charge in [0.05, 0.1) is 18.4 Å². The summed E-state index contributed by atoms with van der Waals surface area (Å²) in [5.41, 5.74) is 1.45. The number of carbonyl (C=O) groups is 1. The fourth-order valence-electron chi connectivity index (χ4n) is 3.21. The van der Waals surface area contributed by atoms with Gasteiger partial charge in [-0.05, 0) is 37.3 Å². The fourth-order valence-corrected chi connectivity index (χ4v) is 3.41. The molecule has 2 aromatic heterocycles. The van der Waals surface area contributed by atoms with Crippen molar-refractivity contribution in [2.24, 2.45) is 0 Å². The average molecular weight is 467 g/mol. The normalized spacial score (nSPS) is 10.4. The predicted molar refractivity (Wildman–Crippen MR) is 125 cm³/mol. The van der Waals surface area contributed by atoms with Crippen LogP contribution in [0.2, 0.25) is 5.02 Å². The molecular formula is C23H23ClN6O3. The smallest absolute Gasteiger partial charge is 0.312 e. The molecule has 0 spiro atoms. The molecule has 3 rings (SSSR count). The number of hydrogen-bond acceptors (Lipinski definition) is 7. The van der Waals surface area contributed by atoms with E-state index in [1.807, 2.05) is 24.3 Å². The third-order valence-corrected chi connectivity index (χ3v) is 4.98. The molecule has 0 aliphatic carbocycles. The molecule has 33 heavy (non-hydrogen) atoms. The Bertz CT molecular complexity index is 1220. The number of aryl methyl sites for hydroxylation is 1. The average Bonchev–Trinajstić information content (AvgIpc) is 2.80. The maximum atomic E-state index is 13.2. The highest BCUT2D eigenvalue weighted by atomic mass is 35.5. The van der Waals surface area contributed by atoms with Crippen molar-refractivity contribution in [3.05, 3.63) is 81.1 Å². The summed E-state index contributed by atoms with van der Waals surface area (Å²) in [6, 6.07) is 12.4. The minimum Gasteiger partial charge on any atom is -0.478 e. The van der Waals surface area contributed by atoms with Crippen LogP contribution in [-0.2, 0) is 17.8 Å². The van der Waals surface area contributed by atoms with E-state index in [2.05, 4.69) is 15.3 Å². The fraction of sp³-hybridized carbons (Fsp3) is 0.261. The van der Waals surface area contributed by atoms with Crippen LogP contribution >= 0.6 is 11.6 Å². The second kappa shape index (κ2) is 11.1. The van der Waals surface area contributed by atoms with Crippen LogP contribution in [0.3, 0.4) is 0 Å². The second-order valence-electron chi connectivity index (χ2n) is 7.14. The molecule has 1 amide bonds. The number of nitriles is 1. The molecule has 0 aliphatic heterocycles. The first kappa shape index (κ1) is 23.8. The van der Waals surface area contributed by atoms with Crippen LogP contribution in [0.4, 0.5) is 5.82 Å². The highest BCUT2D eigenvalue weighted by Gasteiger charge is 2.20. The van der Waals surface area contributed by atoms with Crippen molar-refractivity contribution >= 4 is 23.3 Å². The van der Waals surface area contributed by atoms with E-state index in [-0.39, 0.29) is 24.9 Å². The number of hydrogen-bond donors (Lipinski definition) is 1. The minimum atomic E-state index is -0.465. The van der Waals surface area contributed by atoms with Gasteiger partial charge >= 0.3 is 5.56 Å². The zero-order valence-corrected chi connectivity index (χ0v) is 19.0. The zero-order chi connectivity index (χ0) is 23.8. The third-order valence-electron chi connectivity index (χ3n) is 4.75. The van der Waals surface area contributed by atoms with Gasteiger partial charge < -0.3 is 10.1 Å². The number of rotatable bonds is 9. The van der Waals surface area contributed by atoms with Crippen LogP contribution in [0.25, 0.3) is 0 Å². The molecule has 0 atom stereocenters. The van der Waals surface area contributed by atoms with Crippen molar-refractivity contribution in [1.82, 2.24) is 14.6 Å². The Morgan fingerprint density at radius 3 is 2.82 bits per heavy atom. The zero-order valence-electron chi connectivity index (χ0n) is 18.3. The lowest BCUT2D eigenvalue weighted by Crippen LogP contribution is -2.46. The first-order chi connectivity index (χ1) is 15.9. The summed E-state index contributed by atoms with van der Waals surface area (Å²) in [5.74, 6) is 0.160. The van der Waals surface area contributed by atoms with Crippen molar-refractivity contribution in [3.63, 3.8) is 0 Å².